The van der Waals surface area contributed by atoms with E-state index in [9.17, 15) is 4.79 Å². The highest BCUT2D eigenvalue weighted by Crippen LogP contribution is 2.39. The smallest absolute Gasteiger partial charge is 0.317 e. The first-order valence-corrected chi connectivity index (χ1v) is 8.88. The van der Waals surface area contributed by atoms with E-state index < -0.39 is 0 Å². The first kappa shape index (κ1) is 16.3. The summed E-state index contributed by atoms with van der Waals surface area (Å²) < 4.78 is 0. The van der Waals surface area contributed by atoms with Crippen LogP contribution in [0.2, 0.25) is 0 Å². The van der Waals surface area contributed by atoms with E-state index in [1.807, 2.05) is 18.7 Å². The van der Waals surface area contributed by atoms with Gasteiger partial charge in [0, 0.05) is 37.6 Å². The van der Waals surface area contributed by atoms with Gasteiger partial charge in [0.15, 0.2) is 0 Å². The van der Waals surface area contributed by atoms with Gasteiger partial charge in [-0.25, -0.2) is 4.79 Å². The van der Waals surface area contributed by atoms with Crippen molar-refractivity contribution in [1.82, 2.24) is 15.1 Å². The third kappa shape index (κ3) is 4.05. The summed E-state index contributed by atoms with van der Waals surface area (Å²) in [5, 5.41) is 3.03. The van der Waals surface area contributed by atoms with Crippen LogP contribution in [0.25, 0.3) is 0 Å². The molecule has 2 aliphatic rings. The number of carbonyl (C=O) groups is 1. The molecule has 1 atom stereocenters. The topological polar surface area (TPSA) is 35.6 Å². The third-order valence-electron chi connectivity index (χ3n) is 5.13. The van der Waals surface area contributed by atoms with Crippen LogP contribution >= 0.6 is 0 Å². The first-order chi connectivity index (χ1) is 11.1. The molecule has 1 aromatic rings. The molecule has 0 aromatic heterocycles. The van der Waals surface area contributed by atoms with Crippen LogP contribution in [0.4, 0.5) is 4.79 Å². The number of rotatable bonds is 3. The summed E-state index contributed by atoms with van der Waals surface area (Å²) in [5.41, 5.74) is 1.69. The molecule has 126 valence electrons. The van der Waals surface area contributed by atoms with Crippen LogP contribution < -0.4 is 5.32 Å². The summed E-state index contributed by atoms with van der Waals surface area (Å²) in [4.78, 5) is 16.8. The highest BCUT2D eigenvalue weighted by molar-refractivity contribution is 5.74. The highest BCUT2D eigenvalue weighted by atomic mass is 16.2. The van der Waals surface area contributed by atoms with E-state index in [0.717, 1.165) is 32.6 Å². The highest BCUT2D eigenvalue weighted by Gasteiger charge is 2.42. The van der Waals surface area contributed by atoms with Crippen molar-refractivity contribution in [2.45, 2.75) is 45.7 Å². The number of hydrogen-bond donors (Lipinski definition) is 1. The molecule has 4 heteroatoms. The Morgan fingerprint density at radius 1 is 1.17 bits per heavy atom. The molecular formula is C19H29N3O. The van der Waals surface area contributed by atoms with Crippen LogP contribution in [0.15, 0.2) is 30.3 Å². The van der Waals surface area contributed by atoms with Gasteiger partial charge in [-0.05, 0) is 45.2 Å². The Labute approximate surface area is 139 Å². The molecule has 0 radical (unpaired) electrons. The maximum atomic E-state index is 12.3. The van der Waals surface area contributed by atoms with Crippen molar-refractivity contribution < 1.29 is 4.79 Å². The fourth-order valence-electron chi connectivity index (χ4n) is 4.07. The minimum Gasteiger partial charge on any atom is -0.336 e. The normalized spacial score (nSPS) is 25.3. The second kappa shape index (κ2) is 6.91. The number of carbonyl (C=O) groups excluding carboxylic acids is 1. The summed E-state index contributed by atoms with van der Waals surface area (Å²) in [7, 11) is 0. The summed E-state index contributed by atoms with van der Waals surface area (Å²) in [5.74, 6) is 0. The van der Waals surface area contributed by atoms with Crippen molar-refractivity contribution in [2.24, 2.45) is 5.41 Å². The molecule has 23 heavy (non-hydrogen) atoms. The maximum Gasteiger partial charge on any atom is 0.317 e. The van der Waals surface area contributed by atoms with E-state index in [-0.39, 0.29) is 12.1 Å². The van der Waals surface area contributed by atoms with Gasteiger partial charge in [-0.2, -0.15) is 0 Å². The van der Waals surface area contributed by atoms with Crippen molar-refractivity contribution in [3.05, 3.63) is 35.9 Å². The van der Waals surface area contributed by atoms with E-state index in [1.165, 1.54) is 24.9 Å². The Kier molecular flexibility index (Phi) is 4.90. The summed E-state index contributed by atoms with van der Waals surface area (Å²) in [6.07, 6.45) is 3.64. The van der Waals surface area contributed by atoms with Gasteiger partial charge in [-0.3, -0.25) is 4.90 Å². The van der Waals surface area contributed by atoms with Crippen LogP contribution in [0.1, 0.15) is 38.7 Å². The average molecular weight is 315 g/mol. The van der Waals surface area contributed by atoms with Crippen LogP contribution in [0, 0.1) is 5.41 Å². The Hall–Kier alpha value is -1.55. The fraction of sp³-hybridized carbons (Fsp3) is 0.632. The van der Waals surface area contributed by atoms with Gasteiger partial charge in [0.05, 0.1) is 0 Å². The van der Waals surface area contributed by atoms with Crippen molar-refractivity contribution >= 4 is 6.03 Å². The van der Waals surface area contributed by atoms with Crippen LogP contribution in [-0.2, 0) is 6.54 Å². The maximum absolute atomic E-state index is 12.3. The second-order valence-electron chi connectivity index (χ2n) is 7.58. The summed E-state index contributed by atoms with van der Waals surface area (Å²) in [6.45, 7) is 9.18. The zero-order chi connectivity index (χ0) is 16.3. The number of nitrogens with zero attached hydrogens (tertiary/aromatic N) is 2. The Morgan fingerprint density at radius 2 is 1.96 bits per heavy atom. The zero-order valence-electron chi connectivity index (χ0n) is 14.4. The number of hydrogen-bond acceptors (Lipinski definition) is 2. The fourth-order valence-corrected chi connectivity index (χ4v) is 4.07. The molecule has 1 unspecified atom stereocenters. The Morgan fingerprint density at radius 3 is 2.70 bits per heavy atom. The molecule has 4 nitrogen and oxygen atoms in total. The monoisotopic (exact) mass is 315 g/mol. The molecule has 0 saturated carbocycles. The van der Waals surface area contributed by atoms with Gasteiger partial charge in [-0.15, -0.1) is 0 Å². The number of likely N-dealkylation sites (tertiary alicyclic amines) is 2. The van der Waals surface area contributed by atoms with Crippen molar-refractivity contribution in [3.8, 4) is 0 Å². The van der Waals surface area contributed by atoms with Gasteiger partial charge in [-0.1, -0.05) is 30.3 Å². The lowest BCUT2D eigenvalue weighted by atomic mass is 9.79. The lowest BCUT2D eigenvalue weighted by Crippen LogP contribution is -2.47. The predicted octanol–water partition coefficient (Wildman–Crippen LogP) is 3.09. The Balaban J connectivity index is 1.59. The molecule has 1 N–H and O–H groups in total. The van der Waals surface area contributed by atoms with Gasteiger partial charge < -0.3 is 10.2 Å². The quantitative estimate of drug-likeness (QED) is 0.930. The number of benzene rings is 1. The number of piperidine rings is 1. The van der Waals surface area contributed by atoms with E-state index in [0.29, 0.717) is 5.41 Å². The number of urea groups is 1. The van der Waals surface area contributed by atoms with Crippen molar-refractivity contribution in [1.29, 1.82) is 0 Å². The molecule has 2 fully saturated rings. The summed E-state index contributed by atoms with van der Waals surface area (Å²) in [6, 6.07) is 11.0. The summed E-state index contributed by atoms with van der Waals surface area (Å²) >= 11 is 0. The number of amides is 2. The lowest BCUT2D eigenvalue weighted by molar-refractivity contribution is 0.0897. The first-order valence-electron chi connectivity index (χ1n) is 8.88. The van der Waals surface area contributed by atoms with E-state index >= 15 is 0 Å². The zero-order valence-corrected chi connectivity index (χ0v) is 14.4. The lowest BCUT2D eigenvalue weighted by Gasteiger charge is -2.40. The van der Waals surface area contributed by atoms with Crippen molar-refractivity contribution in [3.63, 3.8) is 0 Å². The van der Waals surface area contributed by atoms with Gasteiger partial charge >= 0.3 is 6.03 Å². The SMILES string of the molecule is CC(C)NC(=O)N1CCC2(CCCN(Cc3ccccc3)C2)C1. The van der Waals surface area contributed by atoms with Crippen molar-refractivity contribution in [2.75, 3.05) is 26.2 Å². The predicted molar refractivity (Wildman–Crippen MR) is 93.2 cm³/mol. The minimum atomic E-state index is 0.108. The largest absolute Gasteiger partial charge is 0.336 e. The van der Waals surface area contributed by atoms with Crippen LogP contribution in [-0.4, -0.2) is 48.1 Å². The molecule has 2 heterocycles. The Bertz CT molecular complexity index is 531. The minimum absolute atomic E-state index is 0.108. The third-order valence-corrected chi connectivity index (χ3v) is 5.13. The second-order valence-corrected chi connectivity index (χ2v) is 7.58. The van der Waals surface area contributed by atoms with Crippen LogP contribution in [0.5, 0.6) is 0 Å². The molecule has 2 saturated heterocycles. The van der Waals surface area contributed by atoms with Crippen LogP contribution in [0.3, 0.4) is 0 Å². The van der Waals surface area contributed by atoms with Gasteiger partial charge in [0.1, 0.15) is 0 Å². The molecule has 3 rings (SSSR count). The average Bonchev–Trinajstić information content (AvgIpc) is 2.91. The molecule has 0 bridgehead atoms. The van der Waals surface area contributed by atoms with E-state index in [2.05, 4.69) is 40.5 Å². The molecule has 2 aliphatic heterocycles. The van der Waals surface area contributed by atoms with E-state index in [4.69, 9.17) is 0 Å². The van der Waals surface area contributed by atoms with E-state index in [1.54, 1.807) is 0 Å². The molecule has 1 aromatic carbocycles. The molecule has 0 aliphatic carbocycles. The molecule has 1 spiro atoms. The molecule has 2 amide bonds. The van der Waals surface area contributed by atoms with Gasteiger partial charge in [0.25, 0.3) is 0 Å². The van der Waals surface area contributed by atoms with Gasteiger partial charge in [0.2, 0.25) is 0 Å². The standard InChI is InChI=1S/C19H29N3O/c1-16(2)20-18(23)22-12-10-19(15-22)9-6-11-21(14-19)13-17-7-4-3-5-8-17/h3-5,7-8,16H,6,9-15H2,1-2H3,(H,20,23). The molecular weight excluding hydrogens is 286 g/mol. The number of nitrogens with one attached hydrogen (secondary N) is 1.